The summed E-state index contributed by atoms with van der Waals surface area (Å²) in [5.41, 5.74) is 6.85. The summed E-state index contributed by atoms with van der Waals surface area (Å²) < 4.78 is 9.39. The molecule has 3 aromatic carbocycles. The number of para-hydroxylation sites is 1. The number of benzene rings is 3. The lowest BCUT2D eigenvalue weighted by molar-refractivity contribution is -0.107. The average molecular weight is 477 g/mol. The topological polar surface area (TPSA) is 44.1 Å². The van der Waals surface area contributed by atoms with Crippen LogP contribution in [0.4, 0.5) is 0 Å². The molecule has 0 atom stereocenters. The van der Waals surface area contributed by atoms with Crippen LogP contribution in [-0.4, -0.2) is 15.8 Å². The molecular formula is C26H25BrN2O2. The van der Waals surface area contributed by atoms with Gasteiger partial charge in [-0.25, -0.2) is 4.98 Å². The first kappa shape index (κ1) is 21.3. The first-order valence-electron chi connectivity index (χ1n) is 10.5. The molecule has 5 heteroatoms. The highest BCUT2D eigenvalue weighted by Gasteiger charge is 2.09. The SMILES string of the molecule is CCc1cc(COc2ccccc2Cn2cnc3cc(Br)ccc32)ccc1CCC=O. The van der Waals surface area contributed by atoms with Gasteiger partial charge in [-0.2, -0.15) is 0 Å². The van der Waals surface area contributed by atoms with Gasteiger partial charge >= 0.3 is 0 Å². The fourth-order valence-electron chi connectivity index (χ4n) is 3.84. The van der Waals surface area contributed by atoms with E-state index in [9.17, 15) is 4.79 Å². The zero-order valence-corrected chi connectivity index (χ0v) is 19.1. The first-order chi connectivity index (χ1) is 15.2. The maximum Gasteiger partial charge on any atom is 0.124 e. The molecule has 31 heavy (non-hydrogen) atoms. The van der Waals surface area contributed by atoms with E-state index in [2.05, 4.69) is 62.7 Å². The third-order valence-electron chi connectivity index (χ3n) is 5.47. The molecule has 0 saturated heterocycles. The number of halogens is 1. The lowest BCUT2D eigenvalue weighted by atomic mass is 9.99. The molecule has 0 aliphatic heterocycles. The number of fused-ring (bicyclic) bond motifs is 1. The summed E-state index contributed by atoms with van der Waals surface area (Å²) in [6, 6.07) is 20.7. The molecule has 1 heterocycles. The Labute approximate surface area is 191 Å². The molecule has 1 aromatic heterocycles. The molecule has 0 unspecified atom stereocenters. The molecule has 0 radical (unpaired) electrons. The number of aryl methyl sites for hydroxylation is 2. The summed E-state index contributed by atoms with van der Waals surface area (Å²) in [5.74, 6) is 0.879. The number of imidazole rings is 1. The van der Waals surface area contributed by atoms with Crippen molar-refractivity contribution in [2.75, 3.05) is 0 Å². The molecule has 0 N–H and O–H groups in total. The highest BCUT2D eigenvalue weighted by molar-refractivity contribution is 9.10. The van der Waals surface area contributed by atoms with E-state index in [0.717, 1.165) is 51.5 Å². The number of aldehydes is 1. The first-order valence-corrected chi connectivity index (χ1v) is 11.3. The van der Waals surface area contributed by atoms with Crippen LogP contribution in [0.15, 0.2) is 71.5 Å². The summed E-state index contributed by atoms with van der Waals surface area (Å²) in [4.78, 5) is 15.2. The molecule has 0 saturated carbocycles. The van der Waals surface area contributed by atoms with Crippen molar-refractivity contribution in [2.45, 2.75) is 39.3 Å². The summed E-state index contributed by atoms with van der Waals surface area (Å²) in [7, 11) is 0. The van der Waals surface area contributed by atoms with Gasteiger partial charge in [-0.05, 0) is 53.8 Å². The van der Waals surface area contributed by atoms with Crippen LogP contribution in [0.1, 0.15) is 35.6 Å². The number of carbonyl (C=O) groups excluding carboxylic acids is 1. The summed E-state index contributed by atoms with van der Waals surface area (Å²) in [6.07, 6.45) is 5.17. The van der Waals surface area contributed by atoms with Gasteiger partial charge in [0.05, 0.1) is 23.9 Å². The molecule has 0 aliphatic carbocycles. The van der Waals surface area contributed by atoms with E-state index < -0.39 is 0 Å². The summed E-state index contributed by atoms with van der Waals surface area (Å²) >= 11 is 3.50. The van der Waals surface area contributed by atoms with Crippen molar-refractivity contribution in [3.63, 3.8) is 0 Å². The van der Waals surface area contributed by atoms with Gasteiger partial charge < -0.3 is 14.1 Å². The molecule has 4 rings (SSSR count). The van der Waals surface area contributed by atoms with Crippen molar-refractivity contribution in [3.05, 3.63) is 93.7 Å². The molecule has 0 aliphatic rings. The second kappa shape index (κ2) is 9.92. The lowest BCUT2D eigenvalue weighted by Gasteiger charge is -2.14. The van der Waals surface area contributed by atoms with Gasteiger partial charge in [0.2, 0.25) is 0 Å². The molecule has 0 amide bonds. The number of aromatic nitrogens is 2. The van der Waals surface area contributed by atoms with Gasteiger partial charge in [-0.3, -0.25) is 0 Å². The summed E-state index contributed by atoms with van der Waals surface area (Å²) in [6.45, 7) is 3.35. The van der Waals surface area contributed by atoms with E-state index in [1.54, 1.807) is 0 Å². The van der Waals surface area contributed by atoms with Crippen LogP contribution in [0.5, 0.6) is 5.75 Å². The predicted octanol–water partition coefficient (Wildman–Crippen LogP) is 6.12. The maximum absolute atomic E-state index is 10.7. The molecule has 0 fully saturated rings. The van der Waals surface area contributed by atoms with Crippen LogP contribution in [-0.2, 0) is 30.8 Å². The summed E-state index contributed by atoms with van der Waals surface area (Å²) in [5, 5.41) is 0. The Balaban J connectivity index is 1.51. The Morgan fingerprint density at radius 3 is 2.74 bits per heavy atom. The van der Waals surface area contributed by atoms with Crippen LogP contribution in [0, 0.1) is 0 Å². The molecule has 158 valence electrons. The molecule has 4 aromatic rings. The molecule has 0 bridgehead atoms. The van der Waals surface area contributed by atoms with Crippen molar-refractivity contribution in [1.82, 2.24) is 9.55 Å². The second-order valence-electron chi connectivity index (χ2n) is 7.56. The van der Waals surface area contributed by atoms with Crippen molar-refractivity contribution in [3.8, 4) is 5.75 Å². The smallest absolute Gasteiger partial charge is 0.124 e. The van der Waals surface area contributed by atoms with Gasteiger partial charge in [0, 0.05) is 16.5 Å². The van der Waals surface area contributed by atoms with Gasteiger partial charge in [0.1, 0.15) is 18.6 Å². The zero-order chi connectivity index (χ0) is 21.6. The van der Waals surface area contributed by atoms with E-state index in [4.69, 9.17) is 4.74 Å². The van der Waals surface area contributed by atoms with Gasteiger partial charge in [0.15, 0.2) is 0 Å². The number of hydrogen-bond donors (Lipinski definition) is 0. The van der Waals surface area contributed by atoms with E-state index in [1.807, 2.05) is 36.7 Å². The van der Waals surface area contributed by atoms with Crippen molar-refractivity contribution < 1.29 is 9.53 Å². The van der Waals surface area contributed by atoms with Gasteiger partial charge in [-0.1, -0.05) is 59.3 Å². The predicted molar refractivity (Wildman–Crippen MR) is 128 cm³/mol. The highest BCUT2D eigenvalue weighted by atomic mass is 79.9. The Morgan fingerprint density at radius 1 is 1.03 bits per heavy atom. The number of carbonyl (C=O) groups is 1. The average Bonchev–Trinajstić information content (AvgIpc) is 3.18. The minimum Gasteiger partial charge on any atom is -0.489 e. The van der Waals surface area contributed by atoms with E-state index in [-0.39, 0.29) is 0 Å². The Bertz CT molecular complexity index is 1200. The van der Waals surface area contributed by atoms with Gasteiger partial charge in [0.25, 0.3) is 0 Å². The van der Waals surface area contributed by atoms with E-state index in [1.165, 1.54) is 11.1 Å². The van der Waals surface area contributed by atoms with Crippen molar-refractivity contribution in [2.24, 2.45) is 0 Å². The Morgan fingerprint density at radius 2 is 1.90 bits per heavy atom. The van der Waals surface area contributed by atoms with Crippen LogP contribution in [0.3, 0.4) is 0 Å². The third kappa shape index (κ3) is 5.05. The van der Waals surface area contributed by atoms with Crippen LogP contribution in [0.2, 0.25) is 0 Å². The van der Waals surface area contributed by atoms with Gasteiger partial charge in [-0.15, -0.1) is 0 Å². The highest BCUT2D eigenvalue weighted by Crippen LogP contribution is 2.24. The standard InChI is InChI=1S/C26H25BrN2O2/c1-2-20-14-19(9-10-21(20)7-5-13-30)17-31-26-8-4-3-6-22(26)16-29-18-28-24-15-23(27)11-12-25(24)29/h3-4,6,8-15,18H,2,5,7,16-17H2,1H3. The van der Waals surface area contributed by atoms with Crippen LogP contribution >= 0.6 is 15.9 Å². The van der Waals surface area contributed by atoms with Crippen LogP contribution < -0.4 is 4.74 Å². The molecular weight excluding hydrogens is 452 g/mol. The third-order valence-corrected chi connectivity index (χ3v) is 5.97. The number of rotatable bonds is 9. The Kier molecular flexibility index (Phi) is 6.82. The van der Waals surface area contributed by atoms with Crippen LogP contribution in [0.25, 0.3) is 11.0 Å². The van der Waals surface area contributed by atoms with Crippen molar-refractivity contribution in [1.29, 1.82) is 0 Å². The molecule has 0 spiro atoms. The largest absolute Gasteiger partial charge is 0.489 e. The normalized spacial score (nSPS) is 11.0. The number of hydrogen-bond acceptors (Lipinski definition) is 3. The zero-order valence-electron chi connectivity index (χ0n) is 17.6. The monoisotopic (exact) mass is 476 g/mol. The maximum atomic E-state index is 10.7. The minimum absolute atomic E-state index is 0.510. The van der Waals surface area contributed by atoms with E-state index >= 15 is 0 Å². The molecule has 4 nitrogen and oxygen atoms in total. The quantitative estimate of drug-likeness (QED) is 0.273. The lowest BCUT2D eigenvalue weighted by Crippen LogP contribution is -2.04. The van der Waals surface area contributed by atoms with E-state index in [0.29, 0.717) is 19.6 Å². The number of ether oxygens (including phenoxy) is 1. The minimum atomic E-state index is 0.510. The Hall–Kier alpha value is -2.92. The fourth-order valence-corrected chi connectivity index (χ4v) is 4.19. The second-order valence-corrected chi connectivity index (χ2v) is 8.48. The van der Waals surface area contributed by atoms with Crippen molar-refractivity contribution >= 4 is 33.2 Å². The fraction of sp³-hybridized carbons (Fsp3) is 0.231. The number of nitrogens with zero attached hydrogens (tertiary/aromatic N) is 2.